The van der Waals surface area contributed by atoms with E-state index in [1.54, 1.807) is 0 Å². The van der Waals surface area contributed by atoms with Crippen LogP contribution in [0.2, 0.25) is 0 Å². The Morgan fingerprint density at radius 2 is 1.81 bits per heavy atom. The molecule has 10 heteroatoms. The van der Waals surface area contributed by atoms with Gasteiger partial charge in [0.15, 0.2) is 5.69 Å². The van der Waals surface area contributed by atoms with Crippen molar-refractivity contribution in [1.82, 2.24) is 15.1 Å². The lowest BCUT2D eigenvalue weighted by molar-refractivity contribution is -0.143. The number of aromatic nitrogens is 2. The summed E-state index contributed by atoms with van der Waals surface area (Å²) in [7, 11) is 0. The summed E-state index contributed by atoms with van der Waals surface area (Å²) in [4.78, 5) is 35.5. The molecule has 7 nitrogen and oxygen atoms in total. The van der Waals surface area contributed by atoms with Gasteiger partial charge < -0.3 is 10.4 Å². The zero-order valence-corrected chi connectivity index (χ0v) is 14.6. The minimum Gasteiger partial charge on any atom is -0.480 e. The van der Waals surface area contributed by atoms with Crippen LogP contribution in [0.1, 0.15) is 35.6 Å². The van der Waals surface area contributed by atoms with Gasteiger partial charge in [-0.3, -0.25) is 9.59 Å². The molecule has 0 atom stereocenters. The van der Waals surface area contributed by atoms with E-state index < -0.39 is 40.3 Å². The lowest BCUT2D eigenvalue weighted by Gasteiger charge is -2.21. The molecule has 0 aliphatic rings. The maximum Gasteiger partial charge on any atom is 0.416 e. The van der Waals surface area contributed by atoms with Crippen molar-refractivity contribution in [3.05, 3.63) is 57.5 Å². The number of hydrogen-bond donors (Lipinski definition) is 2. The lowest BCUT2D eigenvalue weighted by atomic mass is 10.1. The van der Waals surface area contributed by atoms with Crippen LogP contribution in [-0.4, -0.2) is 32.3 Å². The maximum atomic E-state index is 12.9. The molecule has 0 aliphatic heterocycles. The topological polar surface area (TPSA) is 101 Å². The van der Waals surface area contributed by atoms with Crippen LogP contribution in [0, 0.1) is 6.92 Å². The molecule has 1 amide bonds. The van der Waals surface area contributed by atoms with E-state index in [9.17, 15) is 27.6 Å². The van der Waals surface area contributed by atoms with Crippen molar-refractivity contribution >= 4 is 11.9 Å². The first-order chi connectivity index (χ1) is 12.3. The maximum absolute atomic E-state index is 12.9. The van der Waals surface area contributed by atoms with Crippen molar-refractivity contribution in [3.63, 3.8) is 0 Å². The first kappa shape index (κ1) is 20.1. The molecule has 0 aliphatic carbocycles. The van der Waals surface area contributed by atoms with Crippen molar-refractivity contribution in [3.8, 4) is 5.69 Å². The number of carbonyl (C=O) groups is 2. The van der Waals surface area contributed by atoms with Crippen LogP contribution < -0.4 is 10.7 Å². The number of amides is 1. The Labute approximate surface area is 151 Å². The summed E-state index contributed by atoms with van der Waals surface area (Å²) in [5.74, 6) is -2.38. The van der Waals surface area contributed by atoms with Gasteiger partial charge >= 0.3 is 12.1 Å². The number of nitrogens with one attached hydrogen (secondary N) is 1. The zero-order chi connectivity index (χ0) is 20.6. The van der Waals surface area contributed by atoms with Gasteiger partial charge in [0, 0.05) is 11.8 Å². The van der Waals surface area contributed by atoms with Gasteiger partial charge in [0.1, 0.15) is 5.54 Å². The Bertz CT molecular complexity index is 965. The Hall–Kier alpha value is -3.17. The van der Waals surface area contributed by atoms with Gasteiger partial charge in [0.2, 0.25) is 5.43 Å². The van der Waals surface area contributed by atoms with Crippen LogP contribution in [-0.2, 0) is 11.0 Å². The van der Waals surface area contributed by atoms with E-state index in [2.05, 4.69) is 10.4 Å². The molecule has 0 saturated heterocycles. The van der Waals surface area contributed by atoms with Gasteiger partial charge in [-0.05, 0) is 39.0 Å². The molecule has 0 fully saturated rings. The number of carbonyl (C=O) groups excluding carboxylic acids is 1. The minimum atomic E-state index is -4.57. The van der Waals surface area contributed by atoms with Gasteiger partial charge in [0.05, 0.1) is 11.3 Å². The highest BCUT2D eigenvalue weighted by molar-refractivity contribution is 5.95. The summed E-state index contributed by atoms with van der Waals surface area (Å²) in [5.41, 5.74) is -3.81. The van der Waals surface area contributed by atoms with E-state index in [1.165, 1.54) is 32.9 Å². The molecule has 144 valence electrons. The van der Waals surface area contributed by atoms with Crippen LogP contribution in [0.3, 0.4) is 0 Å². The number of aryl methyl sites for hydroxylation is 1. The number of nitrogens with zero attached hydrogens (tertiary/aromatic N) is 2. The predicted molar refractivity (Wildman–Crippen MR) is 88.8 cm³/mol. The van der Waals surface area contributed by atoms with E-state index in [-0.39, 0.29) is 11.4 Å². The molecule has 1 heterocycles. The van der Waals surface area contributed by atoms with Crippen LogP contribution in [0.15, 0.2) is 35.1 Å². The van der Waals surface area contributed by atoms with Crippen molar-refractivity contribution in [2.75, 3.05) is 0 Å². The SMILES string of the molecule is Cc1cc(=O)c(C(=O)NC(C)(C)C(=O)O)nn1-c1cccc(C(F)(F)F)c1. The molecule has 0 unspecified atom stereocenters. The summed E-state index contributed by atoms with van der Waals surface area (Å²) in [6.07, 6.45) is -4.57. The van der Waals surface area contributed by atoms with Crippen LogP contribution in [0.25, 0.3) is 5.69 Å². The molecule has 0 saturated carbocycles. The lowest BCUT2D eigenvalue weighted by Crippen LogP contribution is -2.51. The molecule has 2 aromatic rings. The third kappa shape index (κ3) is 4.33. The standard InChI is InChI=1S/C17H16F3N3O4/c1-9-7-12(24)13(14(25)21-16(2,3)15(26)27)22-23(9)11-6-4-5-10(8-11)17(18,19)20/h4-8H,1-3H3,(H,21,25)(H,26,27). The molecule has 1 aromatic heterocycles. The van der Waals surface area contributed by atoms with E-state index in [4.69, 9.17) is 5.11 Å². The van der Waals surface area contributed by atoms with Gasteiger partial charge in [-0.1, -0.05) is 6.07 Å². The number of halogens is 3. The van der Waals surface area contributed by atoms with E-state index in [0.717, 1.165) is 22.9 Å². The monoisotopic (exact) mass is 383 g/mol. The Kier molecular flexibility index (Phi) is 5.12. The Morgan fingerprint density at radius 3 is 2.37 bits per heavy atom. The van der Waals surface area contributed by atoms with Gasteiger partial charge in [-0.2, -0.15) is 18.3 Å². The second-order valence-electron chi connectivity index (χ2n) is 6.34. The zero-order valence-electron chi connectivity index (χ0n) is 14.6. The van der Waals surface area contributed by atoms with Crippen molar-refractivity contribution < 1.29 is 27.9 Å². The smallest absolute Gasteiger partial charge is 0.416 e. The Balaban J connectivity index is 2.53. The number of benzene rings is 1. The molecule has 0 spiro atoms. The number of carboxylic acids is 1. The second kappa shape index (κ2) is 6.86. The molecule has 0 radical (unpaired) electrons. The third-order valence-electron chi connectivity index (χ3n) is 3.70. The van der Waals surface area contributed by atoms with Crippen molar-refractivity contribution in [1.29, 1.82) is 0 Å². The Morgan fingerprint density at radius 1 is 1.19 bits per heavy atom. The largest absolute Gasteiger partial charge is 0.480 e. The van der Waals surface area contributed by atoms with Gasteiger partial charge in [-0.25, -0.2) is 9.48 Å². The first-order valence-electron chi connectivity index (χ1n) is 7.67. The molecule has 1 aromatic carbocycles. The summed E-state index contributed by atoms with van der Waals surface area (Å²) in [6, 6.07) is 5.25. The van der Waals surface area contributed by atoms with Crippen LogP contribution in [0.5, 0.6) is 0 Å². The van der Waals surface area contributed by atoms with Crippen LogP contribution in [0.4, 0.5) is 13.2 Å². The summed E-state index contributed by atoms with van der Waals surface area (Å²) < 4.78 is 39.8. The average Bonchev–Trinajstić information content (AvgIpc) is 2.53. The van der Waals surface area contributed by atoms with E-state index in [0.29, 0.717) is 0 Å². The van der Waals surface area contributed by atoms with Gasteiger partial charge in [0.25, 0.3) is 5.91 Å². The van der Waals surface area contributed by atoms with E-state index in [1.807, 2.05) is 0 Å². The highest BCUT2D eigenvalue weighted by atomic mass is 19.4. The molecular formula is C17H16F3N3O4. The van der Waals surface area contributed by atoms with Crippen molar-refractivity contribution in [2.24, 2.45) is 0 Å². The fourth-order valence-corrected chi connectivity index (χ4v) is 2.18. The predicted octanol–water partition coefficient (Wildman–Crippen LogP) is 2.15. The summed E-state index contributed by atoms with van der Waals surface area (Å²) >= 11 is 0. The number of carboxylic acid groups (broad SMARTS) is 1. The fourth-order valence-electron chi connectivity index (χ4n) is 2.18. The number of aliphatic carboxylic acids is 1. The fraction of sp³-hybridized carbons (Fsp3) is 0.294. The highest BCUT2D eigenvalue weighted by Gasteiger charge is 2.32. The molecule has 2 N–H and O–H groups in total. The molecular weight excluding hydrogens is 367 g/mol. The molecule has 2 rings (SSSR count). The van der Waals surface area contributed by atoms with Crippen molar-refractivity contribution in [2.45, 2.75) is 32.5 Å². The van der Waals surface area contributed by atoms with Crippen LogP contribution >= 0.6 is 0 Å². The normalized spacial score (nSPS) is 11.9. The number of rotatable bonds is 4. The molecule has 27 heavy (non-hydrogen) atoms. The average molecular weight is 383 g/mol. The highest BCUT2D eigenvalue weighted by Crippen LogP contribution is 2.30. The van der Waals surface area contributed by atoms with Gasteiger partial charge in [-0.15, -0.1) is 0 Å². The minimum absolute atomic E-state index is 0.00568. The number of alkyl halides is 3. The first-order valence-corrected chi connectivity index (χ1v) is 7.67. The van der Waals surface area contributed by atoms with E-state index >= 15 is 0 Å². The summed E-state index contributed by atoms with van der Waals surface area (Å²) in [6.45, 7) is 3.87. The quantitative estimate of drug-likeness (QED) is 0.843. The third-order valence-corrected chi connectivity index (χ3v) is 3.70. The number of hydrogen-bond acceptors (Lipinski definition) is 4. The molecule has 0 bridgehead atoms. The summed E-state index contributed by atoms with van der Waals surface area (Å²) in [5, 5.41) is 15.1. The second-order valence-corrected chi connectivity index (χ2v) is 6.34.